The molecule has 4 rings (SSSR count). The van der Waals surface area contributed by atoms with Crippen LogP contribution in [0.5, 0.6) is 0 Å². The van der Waals surface area contributed by atoms with E-state index in [1.165, 1.54) is 0 Å². The number of allylic oxidation sites excluding steroid dienone is 1. The largest absolute Gasteiger partial charge is 0.459 e. The Morgan fingerprint density at radius 2 is 1.89 bits per heavy atom. The Balaban J connectivity index is 1.46. The molecule has 3 N–H and O–H groups in total. The number of ether oxygens (including phenoxy) is 2. The second-order valence-corrected chi connectivity index (χ2v) is 12.1. The van der Waals surface area contributed by atoms with Gasteiger partial charge >= 0.3 is 18.0 Å². The van der Waals surface area contributed by atoms with Gasteiger partial charge in [0.1, 0.15) is 15.5 Å². The van der Waals surface area contributed by atoms with Crippen LogP contribution in [0.3, 0.4) is 0 Å². The number of likely N-dealkylation sites (tertiary alicyclic amines) is 2. The van der Waals surface area contributed by atoms with Gasteiger partial charge < -0.3 is 20.1 Å². The molecule has 3 aliphatic heterocycles. The van der Waals surface area contributed by atoms with Crippen LogP contribution >= 0.6 is 11.3 Å². The summed E-state index contributed by atoms with van der Waals surface area (Å²) in [4.78, 5) is 54.8. The number of anilines is 1. The van der Waals surface area contributed by atoms with Gasteiger partial charge in [0.15, 0.2) is 0 Å². The van der Waals surface area contributed by atoms with Crippen molar-refractivity contribution in [3.63, 3.8) is 0 Å². The first-order valence-electron chi connectivity index (χ1n) is 12.7. The van der Waals surface area contributed by atoms with Crippen LogP contribution in [-0.2, 0) is 14.3 Å². The van der Waals surface area contributed by atoms with Crippen LogP contribution in [0.15, 0.2) is 12.3 Å². The van der Waals surface area contributed by atoms with E-state index >= 15 is 0 Å². The summed E-state index contributed by atoms with van der Waals surface area (Å²) in [5, 5.41) is 2.72. The van der Waals surface area contributed by atoms with Gasteiger partial charge in [-0.25, -0.2) is 9.59 Å². The third-order valence-electron chi connectivity index (χ3n) is 7.49. The normalized spacial score (nSPS) is 24.1. The minimum absolute atomic E-state index is 0.0850. The third kappa shape index (κ3) is 5.52. The first kappa shape index (κ1) is 27.1. The molecule has 1 aromatic rings. The van der Waals surface area contributed by atoms with Gasteiger partial charge in [0, 0.05) is 32.1 Å². The minimum atomic E-state index is -0.818. The van der Waals surface area contributed by atoms with Crippen LogP contribution in [0.1, 0.15) is 78.5 Å². The van der Waals surface area contributed by atoms with Crippen LogP contribution in [-0.4, -0.2) is 71.5 Å². The first-order chi connectivity index (χ1) is 17.3. The summed E-state index contributed by atoms with van der Waals surface area (Å²) in [7, 11) is 0. The Morgan fingerprint density at radius 1 is 1.22 bits per heavy atom. The van der Waals surface area contributed by atoms with E-state index in [0.29, 0.717) is 25.2 Å². The maximum absolute atomic E-state index is 13.6. The molecule has 3 fully saturated rings. The highest BCUT2D eigenvalue weighted by atomic mass is 32.1. The summed E-state index contributed by atoms with van der Waals surface area (Å²) < 4.78 is 10.8. The zero-order valence-electron chi connectivity index (χ0n) is 22.0. The van der Waals surface area contributed by atoms with Crippen LogP contribution < -0.4 is 11.1 Å². The number of nitrogens with two attached hydrogens (primary N) is 1. The van der Waals surface area contributed by atoms with Gasteiger partial charge in [0.25, 0.3) is 5.91 Å². The number of hydrogen-bond donors (Lipinski definition) is 2. The average Bonchev–Trinajstić information content (AvgIpc) is 3.23. The number of hydrogen-bond acceptors (Lipinski definition) is 8. The number of thiophene rings is 1. The van der Waals surface area contributed by atoms with Crippen molar-refractivity contribution in [1.82, 2.24) is 9.80 Å². The number of amides is 3. The second-order valence-electron chi connectivity index (χ2n) is 11.0. The number of carbonyl (C=O) groups is 4. The molecule has 0 aliphatic carbocycles. The Bertz CT molecular complexity index is 1140. The van der Waals surface area contributed by atoms with Crippen LogP contribution in [0.25, 0.3) is 0 Å². The van der Waals surface area contributed by atoms with E-state index in [1.54, 1.807) is 18.7 Å². The first-order valence-corrected chi connectivity index (χ1v) is 13.5. The molecule has 202 valence electrons. The molecule has 11 heteroatoms. The highest BCUT2D eigenvalue weighted by Crippen LogP contribution is 2.47. The summed E-state index contributed by atoms with van der Waals surface area (Å²) >= 11 is 0.964. The van der Waals surface area contributed by atoms with E-state index in [-0.39, 0.29) is 39.1 Å². The summed E-state index contributed by atoms with van der Waals surface area (Å²) in [6, 6.07) is -0.549. The number of nitrogens with zero attached hydrogens (tertiary/aromatic N) is 2. The van der Waals surface area contributed by atoms with E-state index in [1.807, 2.05) is 13.8 Å². The Morgan fingerprint density at radius 3 is 2.46 bits per heavy atom. The maximum Gasteiger partial charge on any atom is 0.353 e. The van der Waals surface area contributed by atoms with E-state index < -0.39 is 23.0 Å². The second kappa shape index (κ2) is 10.1. The molecule has 0 bridgehead atoms. The van der Waals surface area contributed by atoms with Gasteiger partial charge in [-0.3, -0.25) is 19.8 Å². The molecule has 10 nitrogen and oxygen atoms in total. The number of nitrogens with one attached hydrogen (secondary N) is 1. The summed E-state index contributed by atoms with van der Waals surface area (Å²) in [5.41, 5.74) is 5.15. The predicted molar refractivity (Wildman–Crippen MR) is 139 cm³/mol. The molecule has 1 spiro atoms. The van der Waals surface area contributed by atoms with Gasteiger partial charge in [-0.1, -0.05) is 6.58 Å². The standard InChI is InChI=1S/C26H36N4O6S/c1-15(2)35-22(32)19-16(3)18(20(37-19)28-24(27)34)21(31)29-11-7-17(8-12-29)30-10-6-9-26(14-30)13-25(4,5)36-23(26)33/h17H,1,6-14H2,2-5H3,(H3,27,28,34). The van der Waals surface area contributed by atoms with Crippen molar-refractivity contribution < 1.29 is 28.7 Å². The molecule has 37 heavy (non-hydrogen) atoms. The molecule has 1 atom stereocenters. The topological polar surface area (TPSA) is 131 Å². The van der Waals surface area contributed by atoms with Crippen molar-refractivity contribution in [3.8, 4) is 0 Å². The van der Waals surface area contributed by atoms with E-state index in [4.69, 9.17) is 15.2 Å². The molecule has 1 unspecified atom stereocenters. The van der Waals surface area contributed by atoms with E-state index in [2.05, 4.69) is 16.8 Å². The minimum Gasteiger partial charge on any atom is -0.459 e. The highest BCUT2D eigenvalue weighted by molar-refractivity contribution is 7.18. The summed E-state index contributed by atoms with van der Waals surface area (Å²) in [5.74, 6) is -0.751. The quantitative estimate of drug-likeness (QED) is 0.437. The van der Waals surface area contributed by atoms with Gasteiger partial charge in [-0.2, -0.15) is 0 Å². The predicted octanol–water partition coefficient (Wildman–Crippen LogP) is 3.65. The zero-order chi connectivity index (χ0) is 27.1. The fourth-order valence-electron chi connectivity index (χ4n) is 6.03. The molecule has 3 aliphatic rings. The molecule has 0 saturated carbocycles. The number of piperidine rings is 2. The smallest absolute Gasteiger partial charge is 0.353 e. The Labute approximate surface area is 221 Å². The lowest BCUT2D eigenvalue weighted by atomic mass is 9.74. The van der Waals surface area contributed by atoms with Crippen LogP contribution in [0.2, 0.25) is 0 Å². The van der Waals surface area contributed by atoms with Crippen LogP contribution in [0.4, 0.5) is 9.80 Å². The fraction of sp³-hybridized carbons (Fsp3) is 0.615. The lowest BCUT2D eigenvalue weighted by Gasteiger charge is -2.44. The van der Waals surface area contributed by atoms with E-state index in [0.717, 1.165) is 50.0 Å². The summed E-state index contributed by atoms with van der Waals surface area (Å²) in [6.45, 7) is 13.4. The zero-order valence-corrected chi connectivity index (χ0v) is 22.8. The molecule has 0 aromatic carbocycles. The molecular formula is C26H36N4O6S. The van der Waals surface area contributed by atoms with Gasteiger partial charge in [-0.05, 0) is 65.5 Å². The van der Waals surface area contributed by atoms with Crippen molar-refractivity contribution in [3.05, 3.63) is 28.3 Å². The number of rotatable bonds is 5. The Hall–Kier alpha value is -2.92. The van der Waals surface area contributed by atoms with Gasteiger partial charge in [-0.15, -0.1) is 11.3 Å². The maximum atomic E-state index is 13.6. The Kier molecular flexibility index (Phi) is 7.40. The van der Waals surface area contributed by atoms with Crippen molar-refractivity contribution in [2.24, 2.45) is 11.1 Å². The summed E-state index contributed by atoms with van der Waals surface area (Å²) in [6.07, 6.45) is 4.07. The van der Waals surface area contributed by atoms with Crippen molar-refractivity contribution in [1.29, 1.82) is 0 Å². The number of urea groups is 1. The third-order valence-corrected chi connectivity index (χ3v) is 8.68. The lowest BCUT2D eigenvalue weighted by Crippen LogP contribution is -2.53. The number of carbonyl (C=O) groups excluding carboxylic acids is 4. The molecule has 3 amide bonds. The average molecular weight is 533 g/mol. The van der Waals surface area contributed by atoms with Crippen molar-refractivity contribution >= 4 is 40.2 Å². The molecular weight excluding hydrogens is 496 g/mol. The fourth-order valence-corrected chi connectivity index (χ4v) is 7.11. The molecule has 4 heterocycles. The molecule has 0 radical (unpaired) electrons. The van der Waals surface area contributed by atoms with Gasteiger partial charge in [0.2, 0.25) is 0 Å². The lowest BCUT2D eigenvalue weighted by molar-refractivity contribution is -0.154. The van der Waals surface area contributed by atoms with Gasteiger partial charge in [0.05, 0.1) is 16.7 Å². The molecule has 1 aromatic heterocycles. The van der Waals surface area contributed by atoms with E-state index in [9.17, 15) is 19.2 Å². The molecule has 3 saturated heterocycles. The number of esters is 2. The highest BCUT2D eigenvalue weighted by Gasteiger charge is 2.54. The van der Waals surface area contributed by atoms with Crippen molar-refractivity contribution in [2.45, 2.75) is 71.4 Å². The number of cyclic esters (lactones) is 1. The van der Waals surface area contributed by atoms with Crippen LogP contribution in [0, 0.1) is 12.3 Å². The van der Waals surface area contributed by atoms with Crippen molar-refractivity contribution in [2.75, 3.05) is 31.5 Å². The number of primary amides is 1. The monoisotopic (exact) mass is 532 g/mol. The SMILES string of the molecule is C=C(C)OC(=O)c1sc(NC(N)=O)c(C(=O)N2CCC(N3CCCC4(C3)CC(C)(C)OC4=O)CC2)c1C.